The van der Waals surface area contributed by atoms with Crippen LogP contribution in [0.15, 0.2) is 30.5 Å². The van der Waals surface area contributed by atoms with Gasteiger partial charge in [-0.25, -0.2) is 0 Å². The molecule has 0 fully saturated rings. The molecule has 0 unspecified atom stereocenters. The van der Waals surface area contributed by atoms with Crippen LogP contribution in [0.3, 0.4) is 0 Å². The molecule has 2 aromatic rings. The van der Waals surface area contributed by atoms with Crippen molar-refractivity contribution in [2.45, 2.75) is 82.0 Å². The Morgan fingerprint density at radius 1 is 0.923 bits per heavy atom. The Hall–Kier alpha value is -0.551. The predicted octanol–water partition coefficient (Wildman–Crippen LogP) is 5.98. The molecular formula is C21H32ClN3Sn. The summed E-state index contributed by atoms with van der Waals surface area (Å²) in [6.45, 7) is 6.94. The van der Waals surface area contributed by atoms with Crippen molar-refractivity contribution in [1.29, 1.82) is 0 Å². The average Bonchev–Trinajstić information content (AvgIpc) is 3.11. The third-order valence-electron chi connectivity index (χ3n) is 5.00. The molecule has 0 aliphatic rings. The van der Waals surface area contributed by atoms with Crippen LogP contribution < -0.4 is 3.71 Å². The Morgan fingerprint density at radius 2 is 1.46 bits per heavy atom. The zero-order valence-corrected chi connectivity index (χ0v) is 20.1. The Balaban J connectivity index is 2.18. The number of nitrogens with zero attached hydrogens (tertiary/aromatic N) is 3. The first kappa shape index (κ1) is 21.7. The van der Waals surface area contributed by atoms with Crippen molar-refractivity contribution < 1.29 is 0 Å². The van der Waals surface area contributed by atoms with E-state index in [1.165, 1.54) is 61.5 Å². The van der Waals surface area contributed by atoms with Crippen LogP contribution in [0, 0.1) is 0 Å². The molecular weight excluding hydrogens is 448 g/mol. The molecule has 142 valence electrons. The van der Waals surface area contributed by atoms with E-state index in [1.807, 2.05) is 28.9 Å². The van der Waals surface area contributed by atoms with Gasteiger partial charge in [-0.05, 0) is 0 Å². The molecule has 0 saturated heterocycles. The molecule has 0 spiro atoms. The van der Waals surface area contributed by atoms with E-state index in [4.69, 9.17) is 11.6 Å². The van der Waals surface area contributed by atoms with Gasteiger partial charge in [-0.3, -0.25) is 0 Å². The van der Waals surface area contributed by atoms with E-state index < -0.39 is 21.1 Å². The number of halogens is 1. The second-order valence-corrected chi connectivity index (χ2v) is 12.9. The van der Waals surface area contributed by atoms with E-state index in [9.17, 15) is 0 Å². The van der Waals surface area contributed by atoms with E-state index in [1.54, 1.807) is 0 Å². The first-order valence-electron chi connectivity index (χ1n) is 10.1. The quantitative estimate of drug-likeness (QED) is 0.350. The Morgan fingerprint density at radius 3 is 1.96 bits per heavy atom. The van der Waals surface area contributed by atoms with Crippen molar-refractivity contribution in [3.63, 3.8) is 0 Å². The third-order valence-corrected chi connectivity index (χ3v) is 10.3. The van der Waals surface area contributed by atoms with Crippen LogP contribution in [0.5, 0.6) is 0 Å². The zero-order valence-electron chi connectivity index (χ0n) is 16.5. The minimum atomic E-state index is -0.818. The van der Waals surface area contributed by atoms with Gasteiger partial charge in [-0.15, -0.1) is 0 Å². The van der Waals surface area contributed by atoms with E-state index in [2.05, 4.69) is 37.3 Å². The number of hydrogen-bond donors (Lipinski definition) is 0. The van der Waals surface area contributed by atoms with Gasteiger partial charge < -0.3 is 0 Å². The summed E-state index contributed by atoms with van der Waals surface area (Å²) in [5.41, 5.74) is 1.04. The van der Waals surface area contributed by atoms with Crippen molar-refractivity contribution in [3.8, 4) is 5.69 Å². The van der Waals surface area contributed by atoms with Gasteiger partial charge in [0.05, 0.1) is 0 Å². The minimum absolute atomic E-state index is 0.548. The molecule has 1 aromatic carbocycles. The average molecular weight is 481 g/mol. The second kappa shape index (κ2) is 11.3. The number of hydrogen-bond acceptors (Lipinski definition) is 2. The van der Waals surface area contributed by atoms with Crippen molar-refractivity contribution in [2.75, 3.05) is 0 Å². The molecule has 0 saturated carbocycles. The van der Waals surface area contributed by atoms with Crippen molar-refractivity contribution >= 4 is 36.5 Å². The monoisotopic (exact) mass is 481 g/mol. The SMILES string of the molecule is CCCC[C](CCCC)(CCCC)[Sn][c]1cn(-c2ccc(Cl)cc2)nn1. The van der Waals surface area contributed by atoms with Gasteiger partial charge in [0.15, 0.2) is 0 Å². The topological polar surface area (TPSA) is 30.7 Å². The van der Waals surface area contributed by atoms with Crippen LogP contribution >= 0.6 is 11.6 Å². The number of aromatic nitrogens is 3. The first-order chi connectivity index (χ1) is 12.6. The van der Waals surface area contributed by atoms with Crippen LogP contribution in [0.1, 0.15) is 78.6 Å². The first-order valence-corrected chi connectivity index (χ1v) is 13.3. The molecule has 0 atom stereocenters. The maximum absolute atomic E-state index is 6.00. The Bertz CT molecular complexity index is 617. The second-order valence-electron chi connectivity index (χ2n) is 7.24. The van der Waals surface area contributed by atoms with Crippen LogP contribution in [0.2, 0.25) is 8.45 Å². The van der Waals surface area contributed by atoms with Gasteiger partial charge in [0.25, 0.3) is 0 Å². The number of benzene rings is 1. The summed E-state index contributed by atoms with van der Waals surface area (Å²) in [4.78, 5) is 0. The van der Waals surface area contributed by atoms with E-state index in [-0.39, 0.29) is 0 Å². The molecule has 0 bridgehead atoms. The van der Waals surface area contributed by atoms with Crippen LogP contribution in [-0.4, -0.2) is 36.1 Å². The summed E-state index contributed by atoms with van der Waals surface area (Å²) in [6.07, 6.45) is 14.2. The summed E-state index contributed by atoms with van der Waals surface area (Å²) < 4.78 is 3.75. The maximum atomic E-state index is 6.00. The zero-order chi connectivity index (χ0) is 18.8. The molecule has 2 radical (unpaired) electrons. The molecule has 0 aliphatic heterocycles. The Kier molecular flexibility index (Phi) is 9.47. The van der Waals surface area contributed by atoms with Gasteiger partial charge in [-0.2, -0.15) is 0 Å². The summed E-state index contributed by atoms with van der Waals surface area (Å²) in [5, 5.41) is 9.74. The Labute approximate surface area is 174 Å². The number of unbranched alkanes of at least 4 members (excludes halogenated alkanes) is 3. The van der Waals surface area contributed by atoms with Crippen molar-refractivity contribution in [3.05, 3.63) is 35.5 Å². The van der Waals surface area contributed by atoms with Gasteiger partial charge in [-0.1, -0.05) is 0 Å². The molecule has 1 heterocycles. The third kappa shape index (κ3) is 6.56. The molecule has 26 heavy (non-hydrogen) atoms. The van der Waals surface area contributed by atoms with Gasteiger partial charge in [0, 0.05) is 0 Å². The summed E-state index contributed by atoms with van der Waals surface area (Å²) in [6, 6.07) is 7.83. The van der Waals surface area contributed by atoms with Gasteiger partial charge in [0.2, 0.25) is 0 Å². The molecule has 3 nitrogen and oxygen atoms in total. The fourth-order valence-electron chi connectivity index (χ4n) is 3.42. The fraction of sp³-hybridized carbons (Fsp3) is 0.619. The normalized spacial score (nSPS) is 11.8. The van der Waals surface area contributed by atoms with Gasteiger partial charge in [0.1, 0.15) is 0 Å². The van der Waals surface area contributed by atoms with E-state index in [0.717, 1.165) is 10.7 Å². The van der Waals surface area contributed by atoms with Crippen molar-refractivity contribution in [2.24, 2.45) is 0 Å². The predicted molar refractivity (Wildman–Crippen MR) is 113 cm³/mol. The molecule has 5 heteroatoms. The van der Waals surface area contributed by atoms with Crippen molar-refractivity contribution in [1.82, 2.24) is 15.0 Å². The van der Waals surface area contributed by atoms with Crippen LogP contribution in [0.25, 0.3) is 5.69 Å². The van der Waals surface area contributed by atoms with E-state index in [0.29, 0.717) is 3.43 Å². The summed E-state index contributed by atoms with van der Waals surface area (Å²) >= 11 is 5.18. The van der Waals surface area contributed by atoms with Crippen LogP contribution in [0.4, 0.5) is 0 Å². The van der Waals surface area contributed by atoms with E-state index >= 15 is 0 Å². The molecule has 0 aliphatic carbocycles. The molecule has 1 aromatic heterocycles. The standard InChI is InChI=1S/C13H27.C8H5ClN3.Sn/c1-4-7-10-13(11-8-5-2)12-9-6-3;9-7-1-3-8(4-2-7)12-6-5-10-11-12;/h4-12H2,1-3H3;1-4,6H;. The molecule has 0 amide bonds. The molecule has 0 N–H and O–H groups in total. The summed E-state index contributed by atoms with van der Waals surface area (Å²) in [7, 11) is 0. The van der Waals surface area contributed by atoms with Crippen LogP contribution in [-0.2, 0) is 0 Å². The summed E-state index contributed by atoms with van der Waals surface area (Å²) in [5.74, 6) is 0. The number of rotatable bonds is 12. The molecule has 2 rings (SSSR count). The fourth-order valence-corrected chi connectivity index (χ4v) is 8.49. The van der Waals surface area contributed by atoms with Gasteiger partial charge >= 0.3 is 175 Å².